The lowest BCUT2D eigenvalue weighted by molar-refractivity contribution is -0.120. The highest BCUT2D eigenvalue weighted by molar-refractivity contribution is 5.90. The number of aryl methyl sites for hydroxylation is 1. The molecule has 1 heterocycles. The molecule has 16 heavy (non-hydrogen) atoms. The van der Waals surface area contributed by atoms with Crippen molar-refractivity contribution in [3.63, 3.8) is 0 Å². The minimum absolute atomic E-state index is 0.0744. The normalized spacial score (nSPS) is 17.1. The van der Waals surface area contributed by atoms with Crippen LogP contribution in [0.4, 0.5) is 5.95 Å². The summed E-state index contributed by atoms with van der Waals surface area (Å²) in [7, 11) is 0. The van der Waals surface area contributed by atoms with Crippen molar-refractivity contribution in [3.05, 3.63) is 18.0 Å². The maximum Gasteiger partial charge on any atom is 0.229 e. The highest BCUT2D eigenvalue weighted by atomic mass is 16.2. The van der Waals surface area contributed by atoms with E-state index in [2.05, 4.69) is 15.3 Å². The third-order valence-electron chi connectivity index (χ3n) is 3.01. The standard InChI is InChI=1S/C12H17N3O/c1-9-7-8-13-12(14-9)15-11(16)10-5-3-2-4-6-10/h7-8,10H,2-6H2,1H3,(H,13,14,15,16). The molecule has 0 aromatic carbocycles. The molecule has 0 saturated heterocycles. The van der Waals surface area contributed by atoms with E-state index < -0.39 is 0 Å². The van der Waals surface area contributed by atoms with Gasteiger partial charge in [-0.15, -0.1) is 0 Å². The number of carbonyl (C=O) groups is 1. The van der Waals surface area contributed by atoms with Crippen molar-refractivity contribution in [2.24, 2.45) is 5.92 Å². The smallest absolute Gasteiger partial charge is 0.229 e. The second-order valence-electron chi connectivity index (χ2n) is 4.35. The van der Waals surface area contributed by atoms with Crippen LogP contribution in [-0.4, -0.2) is 15.9 Å². The summed E-state index contributed by atoms with van der Waals surface area (Å²) < 4.78 is 0. The summed E-state index contributed by atoms with van der Waals surface area (Å²) in [5.41, 5.74) is 0.869. The number of nitrogens with one attached hydrogen (secondary N) is 1. The fraction of sp³-hybridized carbons (Fsp3) is 0.583. The lowest BCUT2D eigenvalue weighted by atomic mass is 9.89. The summed E-state index contributed by atoms with van der Waals surface area (Å²) in [5.74, 6) is 0.652. The molecule has 1 N–H and O–H groups in total. The Morgan fingerprint density at radius 3 is 2.81 bits per heavy atom. The average Bonchev–Trinajstić information content (AvgIpc) is 2.30. The Morgan fingerprint density at radius 2 is 2.12 bits per heavy atom. The number of amides is 1. The highest BCUT2D eigenvalue weighted by Crippen LogP contribution is 2.24. The Hall–Kier alpha value is -1.45. The van der Waals surface area contributed by atoms with Gasteiger partial charge in [0.1, 0.15) is 0 Å². The molecule has 86 valence electrons. The number of hydrogen-bond donors (Lipinski definition) is 1. The van der Waals surface area contributed by atoms with Gasteiger partial charge in [-0.05, 0) is 25.8 Å². The summed E-state index contributed by atoms with van der Waals surface area (Å²) in [4.78, 5) is 20.1. The van der Waals surface area contributed by atoms with Gasteiger partial charge in [-0.25, -0.2) is 9.97 Å². The summed E-state index contributed by atoms with van der Waals surface area (Å²) >= 11 is 0. The molecule has 1 fully saturated rings. The minimum atomic E-state index is 0.0744. The van der Waals surface area contributed by atoms with E-state index in [0.717, 1.165) is 31.4 Å². The zero-order valence-electron chi connectivity index (χ0n) is 9.57. The summed E-state index contributed by atoms with van der Waals surface area (Å²) in [6.07, 6.45) is 7.23. The highest BCUT2D eigenvalue weighted by Gasteiger charge is 2.21. The second-order valence-corrected chi connectivity index (χ2v) is 4.35. The quantitative estimate of drug-likeness (QED) is 0.830. The van der Waals surface area contributed by atoms with Crippen molar-refractivity contribution in [1.29, 1.82) is 0 Å². The van der Waals surface area contributed by atoms with Crippen LogP contribution in [0, 0.1) is 12.8 Å². The molecule has 0 atom stereocenters. The fourth-order valence-electron chi connectivity index (χ4n) is 2.09. The van der Waals surface area contributed by atoms with E-state index in [1.54, 1.807) is 6.20 Å². The maximum absolute atomic E-state index is 11.9. The van der Waals surface area contributed by atoms with E-state index >= 15 is 0 Å². The number of rotatable bonds is 2. The molecule has 0 aliphatic heterocycles. The van der Waals surface area contributed by atoms with Crippen LogP contribution >= 0.6 is 0 Å². The van der Waals surface area contributed by atoms with Crippen molar-refractivity contribution in [2.45, 2.75) is 39.0 Å². The van der Waals surface area contributed by atoms with Gasteiger partial charge < -0.3 is 0 Å². The molecule has 0 unspecified atom stereocenters. The number of hydrogen-bond acceptors (Lipinski definition) is 3. The fourth-order valence-corrected chi connectivity index (χ4v) is 2.09. The van der Waals surface area contributed by atoms with Crippen LogP contribution in [0.25, 0.3) is 0 Å². The Kier molecular flexibility index (Phi) is 3.49. The van der Waals surface area contributed by atoms with Crippen LogP contribution in [0.2, 0.25) is 0 Å². The van der Waals surface area contributed by atoms with E-state index in [1.807, 2.05) is 13.0 Å². The molecule has 2 rings (SSSR count). The average molecular weight is 219 g/mol. The first kappa shape index (κ1) is 11.0. The van der Waals surface area contributed by atoms with Crippen LogP contribution in [0.1, 0.15) is 37.8 Å². The third kappa shape index (κ3) is 2.78. The van der Waals surface area contributed by atoms with Crippen molar-refractivity contribution < 1.29 is 4.79 Å². The van der Waals surface area contributed by atoms with Crippen molar-refractivity contribution in [3.8, 4) is 0 Å². The largest absolute Gasteiger partial charge is 0.294 e. The third-order valence-corrected chi connectivity index (χ3v) is 3.01. The van der Waals surface area contributed by atoms with Gasteiger partial charge in [0.15, 0.2) is 0 Å². The lowest BCUT2D eigenvalue weighted by Crippen LogP contribution is -2.25. The topological polar surface area (TPSA) is 54.9 Å². The number of carbonyl (C=O) groups excluding carboxylic acids is 1. The van der Waals surface area contributed by atoms with Crippen molar-refractivity contribution >= 4 is 11.9 Å². The summed E-state index contributed by atoms with van der Waals surface area (Å²) in [6, 6.07) is 1.82. The van der Waals surface area contributed by atoms with Crippen LogP contribution < -0.4 is 5.32 Å². The molecule has 4 heteroatoms. The van der Waals surface area contributed by atoms with E-state index in [9.17, 15) is 4.79 Å². The van der Waals surface area contributed by atoms with Gasteiger partial charge in [0.05, 0.1) is 0 Å². The molecule has 1 aromatic heterocycles. The van der Waals surface area contributed by atoms with Gasteiger partial charge in [-0.2, -0.15) is 0 Å². The van der Waals surface area contributed by atoms with Gasteiger partial charge in [0, 0.05) is 17.8 Å². The van der Waals surface area contributed by atoms with Crippen molar-refractivity contribution in [1.82, 2.24) is 9.97 Å². The Labute approximate surface area is 95.5 Å². The first-order chi connectivity index (χ1) is 7.75. The molecule has 1 aliphatic carbocycles. The molecule has 1 aromatic rings. The first-order valence-electron chi connectivity index (χ1n) is 5.86. The van der Waals surface area contributed by atoms with Gasteiger partial charge in [0.25, 0.3) is 0 Å². The SMILES string of the molecule is Cc1ccnc(NC(=O)C2CCCCC2)n1. The zero-order valence-corrected chi connectivity index (χ0v) is 9.57. The monoisotopic (exact) mass is 219 g/mol. The molecule has 0 radical (unpaired) electrons. The van der Waals surface area contributed by atoms with Crippen LogP contribution in [-0.2, 0) is 4.79 Å². The van der Waals surface area contributed by atoms with Gasteiger partial charge >= 0.3 is 0 Å². The van der Waals surface area contributed by atoms with E-state index in [4.69, 9.17) is 0 Å². The lowest BCUT2D eigenvalue weighted by Gasteiger charge is -2.20. The summed E-state index contributed by atoms with van der Waals surface area (Å²) in [5, 5.41) is 2.79. The predicted molar refractivity (Wildman–Crippen MR) is 62.0 cm³/mol. The van der Waals surface area contributed by atoms with Gasteiger partial charge in [-0.3, -0.25) is 10.1 Å². The molecule has 1 saturated carbocycles. The van der Waals surface area contributed by atoms with Crippen LogP contribution in [0.15, 0.2) is 12.3 Å². The van der Waals surface area contributed by atoms with Gasteiger partial charge in [-0.1, -0.05) is 19.3 Å². The van der Waals surface area contributed by atoms with E-state index in [-0.39, 0.29) is 11.8 Å². The van der Waals surface area contributed by atoms with Crippen LogP contribution in [0.3, 0.4) is 0 Å². The number of aromatic nitrogens is 2. The predicted octanol–water partition coefficient (Wildman–Crippen LogP) is 2.30. The molecule has 1 aliphatic rings. The second kappa shape index (κ2) is 5.05. The van der Waals surface area contributed by atoms with E-state index in [0.29, 0.717) is 5.95 Å². The Balaban J connectivity index is 1.96. The summed E-state index contributed by atoms with van der Waals surface area (Å²) in [6.45, 7) is 1.89. The number of anilines is 1. The van der Waals surface area contributed by atoms with Crippen molar-refractivity contribution in [2.75, 3.05) is 5.32 Å². The zero-order chi connectivity index (χ0) is 11.4. The molecule has 4 nitrogen and oxygen atoms in total. The maximum atomic E-state index is 11.9. The molecule has 0 spiro atoms. The molecular weight excluding hydrogens is 202 g/mol. The Morgan fingerprint density at radius 1 is 1.38 bits per heavy atom. The van der Waals surface area contributed by atoms with E-state index in [1.165, 1.54) is 6.42 Å². The molecular formula is C12H17N3O. The molecule has 1 amide bonds. The Bertz CT molecular complexity index is 372. The number of nitrogens with zero attached hydrogens (tertiary/aromatic N) is 2. The first-order valence-corrected chi connectivity index (χ1v) is 5.86. The minimum Gasteiger partial charge on any atom is -0.294 e. The van der Waals surface area contributed by atoms with Gasteiger partial charge in [0.2, 0.25) is 11.9 Å². The molecule has 0 bridgehead atoms. The van der Waals surface area contributed by atoms with Crippen LogP contribution in [0.5, 0.6) is 0 Å².